The van der Waals surface area contributed by atoms with E-state index in [2.05, 4.69) is 4.72 Å². The number of rotatable bonds is 8. The molecule has 1 aliphatic carbocycles. The Balaban J connectivity index is 1.49. The Morgan fingerprint density at radius 1 is 1.13 bits per heavy atom. The molecule has 0 spiro atoms. The molecule has 1 heterocycles. The van der Waals surface area contributed by atoms with Crippen molar-refractivity contribution in [1.82, 2.24) is 4.72 Å². The van der Waals surface area contributed by atoms with Crippen molar-refractivity contribution >= 4 is 38.9 Å². The van der Waals surface area contributed by atoms with Crippen LogP contribution < -0.4 is 9.46 Å². The van der Waals surface area contributed by atoms with Crippen LogP contribution in [0.15, 0.2) is 70.9 Å². The molecule has 2 aromatic carbocycles. The molecule has 9 heteroatoms. The normalized spacial score (nSPS) is 20.6. The van der Waals surface area contributed by atoms with Crippen LogP contribution in [0, 0.1) is 5.92 Å². The number of carboxylic acid groups (broad SMARTS) is 1. The Labute approximate surface area is 183 Å². The highest BCUT2D eigenvalue weighted by Crippen LogP contribution is 2.45. The monoisotopic (exact) mass is 463 g/mol. The van der Waals surface area contributed by atoms with Crippen LogP contribution in [0.4, 0.5) is 0 Å². The summed E-state index contributed by atoms with van der Waals surface area (Å²) in [6.07, 6.45) is 0.170. The van der Waals surface area contributed by atoms with E-state index in [1.54, 1.807) is 42.5 Å². The Bertz CT molecular complexity index is 1160. The summed E-state index contributed by atoms with van der Waals surface area (Å²) < 4.78 is 33.9. The van der Waals surface area contributed by atoms with Gasteiger partial charge in [0.05, 0.1) is 6.61 Å². The lowest BCUT2D eigenvalue weighted by Crippen LogP contribution is -2.45. The van der Waals surface area contributed by atoms with Crippen molar-refractivity contribution in [3.8, 4) is 16.2 Å². The van der Waals surface area contributed by atoms with Gasteiger partial charge in [-0.25, -0.2) is 8.42 Å². The van der Waals surface area contributed by atoms with E-state index in [4.69, 9.17) is 16.3 Å². The van der Waals surface area contributed by atoms with Crippen LogP contribution in [0.1, 0.15) is 6.42 Å². The van der Waals surface area contributed by atoms with E-state index in [0.717, 1.165) is 21.8 Å². The number of halogens is 1. The zero-order valence-corrected chi connectivity index (χ0v) is 18.0. The van der Waals surface area contributed by atoms with Crippen LogP contribution in [0.3, 0.4) is 0 Å². The summed E-state index contributed by atoms with van der Waals surface area (Å²) in [5, 5.41) is 10.3. The third-order valence-electron chi connectivity index (χ3n) is 4.97. The van der Waals surface area contributed by atoms with Gasteiger partial charge in [0.2, 0.25) is 0 Å². The van der Waals surface area contributed by atoms with Crippen molar-refractivity contribution in [3.63, 3.8) is 0 Å². The molecule has 1 fully saturated rings. The van der Waals surface area contributed by atoms with Crippen molar-refractivity contribution in [2.75, 3.05) is 6.61 Å². The van der Waals surface area contributed by atoms with Crippen LogP contribution >= 0.6 is 22.9 Å². The zero-order valence-electron chi connectivity index (χ0n) is 15.6. The number of hydrogen-bond acceptors (Lipinski definition) is 5. The first kappa shape index (κ1) is 20.9. The Hall–Kier alpha value is -2.39. The van der Waals surface area contributed by atoms with E-state index < -0.39 is 27.4 Å². The Morgan fingerprint density at radius 2 is 1.83 bits per heavy atom. The van der Waals surface area contributed by atoms with E-state index in [1.807, 2.05) is 18.2 Å². The maximum Gasteiger partial charge on any atom is 0.325 e. The predicted molar refractivity (Wildman–Crippen MR) is 115 cm³/mol. The quantitative estimate of drug-likeness (QED) is 0.520. The van der Waals surface area contributed by atoms with Gasteiger partial charge in [0.25, 0.3) is 10.0 Å². The number of carboxylic acids is 1. The maximum atomic E-state index is 12.9. The van der Waals surface area contributed by atoms with Gasteiger partial charge in [0.1, 0.15) is 15.5 Å². The van der Waals surface area contributed by atoms with E-state index in [-0.39, 0.29) is 17.2 Å². The summed E-state index contributed by atoms with van der Waals surface area (Å²) in [6.45, 7) is 0.110. The minimum atomic E-state index is -4.01. The molecule has 0 radical (unpaired) electrons. The Morgan fingerprint density at radius 3 is 2.50 bits per heavy atom. The predicted octanol–water partition coefficient (Wildman–Crippen LogP) is 4.27. The summed E-state index contributed by atoms with van der Waals surface area (Å²) in [5.74, 6) is -1.06. The van der Waals surface area contributed by atoms with Gasteiger partial charge in [-0.05, 0) is 48.4 Å². The molecular formula is C21H18ClNO5S2. The van der Waals surface area contributed by atoms with Gasteiger partial charge in [-0.15, -0.1) is 11.3 Å². The average molecular weight is 464 g/mol. The molecule has 1 aromatic heterocycles. The smallest absolute Gasteiger partial charge is 0.325 e. The maximum absolute atomic E-state index is 12.9. The molecule has 2 atom stereocenters. The molecule has 156 valence electrons. The summed E-state index contributed by atoms with van der Waals surface area (Å²) in [6, 6.07) is 19.2. The molecule has 6 nitrogen and oxygen atoms in total. The molecule has 0 amide bonds. The summed E-state index contributed by atoms with van der Waals surface area (Å²) >= 11 is 6.97. The third-order valence-corrected chi connectivity index (χ3v) is 8.36. The first-order chi connectivity index (χ1) is 14.3. The largest absolute Gasteiger partial charge is 0.493 e. The fraction of sp³-hybridized carbons (Fsp3) is 0.190. The molecule has 1 aliphatic rings. The molecular weight excluding hydrogens is 446 g/mol. The van der Waals surface area contributed by atoms with Crippen LogP contribution in [0.2, 0.25) is 5.02 Å². The first-order valence-electron chi connectivity index (χ1n) is 9.11. The van der Waals surface area contributed by atoms with E-state index >= 15 is 0 Å². The standard InChI is InChI=1S/C21H18ClNO5S2/c22-16-8-6-14(7-9-16)18-10-11-19(29-18)30(26,27)23-21(20(24)25)12-15(21)13-28-17-4-2-1-3-5-17/h1-11,15,23H,12-13H2,(H,24,25). The number of nitrogens with one attached hydrogen (secondary N) is 1. The number of thiophene rings is 1. The first-order valence-corrected chi connectivity index (χ1v) is 11.8. The molecule has 4 rings (SSSR count). The van der Waals surface area contributed by atoms with Crippen LogP contribution in [0.25, 0.3) is 10.4 Å². The van der Waals surface area contributed by atoms with Crippen molar-refractivity contribution < 1.29 is 23.1 Å². The topological polar surface area (TPSA) is 92.7 Å². The minimum Gasteiger partial charge on any atom is -0.493 e. The Kier molecular flexibility index (Phi) is 5.59. The average Bonchev–Trinajstić information content (AvgIpc) is 3.18. The van der Waals surface area contributed by atoms with Gasteiger partial charge in [0, 0.05) is 15.8 Å². The fourth-order valence-corrected chi connectivity index (χ4v) is 6.07. The molecule has 2 N–H and O–H groups in total. The zero-order chi connectivity index (χ0) is 21.4. The number of aliphatic carboxylic acids is 1. The number of ether oxygens (including phenoxy) is 1. The molecule has 3 aromatic rings. The van der Waals surface area contributed by atoms with Gasteiger partial charge in [-0.2, -0.15) is 4.72 Å². The fourth-order valence-electron chi connectivity index (χ4n) is 3.20. The lowest BCUT2D eigenvalue weighted by atomic mass is 10.2. The van der Waals surface area contributed by atoms with E-state index in [0.29, 0.717) is 10.8 Å². The SMILES string of the molecule is O=C(O)C1(NS(=O)(=O)c2ccc(-c3ccc(Cl)cc3)s2)CC1COc1ccccc1. The number of hydrogen-bond donors (Lipinski definition) is 2. The summed E-state index contributed by atoms with van der Waals surface area (Å²) in [4.78, 5) is 12.6. The summed E-state index contributed by atoms with van der Waals surface area (Å²) in [7, 11) is -4.01. The molecule has 0 saturated heterocycles. The second kappa shape index (κ2) is 8.03. The molecule has 1 saturated carbocycles. The van der Waals surface area contributed by atoms with Crippen molar-refractivity contribution in [3.05, 3.63) is 71.8 Å². The van der Waals surface area contributed by atoms with Crippen LogP contribution in [-0.2, 0) is 14.8 Å². The second-order valence-corrected chi connectivity index (χ2v) is 10.5. The van der Waals surface area contributed by atoms with Crippen molar-refractivity contribution in [2.45, 2.75) is 16.2 Å². The van der Waals surface area contributed by atoms with E-state index in [9.17, 15) is 18.3 Å². The number of carbonyl (C=O) groups is 1. The number of benzene rings is 2. The minimum absolute atomic E-state index is 0.0581. The lowest BCUT2D eigenvalue weighted by Gasteiger charge is -2.15. The third kappa shape index (κ3) is 4.22. The van der Waals surface area contributed by atoms with Crippen molar-refractivity contribution in [2.24, 2.45) is 5.92 Å². The highest BCUT2D eigenvalue weighted by atomic mass is 35.5. The van der Waals surface area contributed by atoms with Crippen LogP contribution in [0.5, 0.6) is 5.75 Å². The highest BCUT2D eigenvalue weighted by Gasteiger charge is 2.63. The van der Waals surface area contributed by atoms with E-state index in [1.165, 1.54) is 6.07 Å². The van der Waals surface area contributed by atoms with Crippen molar-refractivity contribution in [1.29, 1.82) is 0 Å². The number of para-hydroxylation sites is 1. The van der Waals surface area contributed by atoms with Crippen LogP contribution in [-0.4, -0.2) is 31.6 Å². The molecule has 30 heavy (non-hydrogen) atoms. The van der Waals surface area contributed by atoms with Gasteiger partial charge >= 0.3 is 5.97 Å². The summed E-state index contributed by atoms with van der Waals surface area (Å²) in [5.41, 5.74) is -0.725. The molecule has 0 aliphatic heterocycles. The lowest BCUT2D eigenvalue weighted by molar-refractivity contribution is -0.140. The molecule has 2 unspecified atom stereocenters. The molecule has 0 bridgehead atoms. The van der Waals surface area contributed by atoms with Gasteiger partial charge in [-0.3, -0.25) is 4.79 Å². The van der Waals surface area contributed by atoms with Gasteiger partial charge in [-0.1, -0.05) is 41.9 Å². The van der Waals surface area contributed by atoms with Gasteiger partial charge in [0.15, 0.2) is 0 Å². The second-order valence-electron chi connectivity index (χ2n) is 7.03. The highest BCUT2D eigenvalue weighted by molar-refractivity contribution is 7.91. The van der Waals surface area contributed by atoms with Gasteiger partial charge < -0.3 is 9.84 Å². The number of sulfonamides is 1.